The molecule has 2 heterocycles. The van der Waals surface area contributed by atoms with E-state index in [1.54, 1.807) is 12.4 Å². The predicted molar refractivity (Wildman–Crippen MR) is 117 cm³/mol. The van der Waals surface area contributed by atoms with E-state index >= 15 is 0 Å². The third-order valence-electron chi connectivity index (χ3n) is 4.67. The van der Waals surface area contributed by atoms with Crippen molar-refractivity contribution in [3.63, 3.8) is 0 Å². The SMILES string of the molecule is CC(C)N/C=C(\N=N)c1cc(-c2cc(Cl)cc(CN3CCOCC3)c2)cnc1N. The fourth-order valence-corrected chi connectivity index (χ4v) is 3.44. The summed E-state index contributed by atoms with van der Waals surface area (Å²) in [6.07, 6.45) is 3.41. The normalized spacial score (nSPS) is 15.5. The Morgan fingerprint density at radius 2 is 2.07 bits per heavy atom. The number of hydrogen-bond donors (Lipinski definition) is 3. The summed E-state index contributed by atoms with van der Waals surface area (Å²) in [7, 11) is 0. The van der Waals surface area contributed by atoms with Crippen LogP contribution in [0.5, 0.6) is 0 Å². The number of nitrogens with two attached hydrogens (primary N) is 1. The van der Waals surface area contributed by atoms with Crippen molar-refractivity contribution in [3.05, 3.63) is 52.8 Å². The molecular formula is C21H27ClN6O. The average molecular weight is 415 g/mol. The predicted octanol–water partition coefficient (Wildman–Crippen LogP) is 4.14. The van der Waals surface area contributed by atoms with Gasteiger partial charge in [-0.1, -0.05) is 11.6 Å². The van der Waals surface area contributed by atoms with Crippen molar-refractivity contribution in [2.75, 3.05) is 32.0 Å². The van der Waals surface area contributed by atoms with Crippen LogP contribution >= 0.6 is 11.6 Å². The van der Waals surface area contributed by atoms with Crippen LogP contribution in [0.1, 0.15) is 25.0 Å². The van der Waals surface area contributed by atoms with Gasteiger partial charge in [-0.15, -0.1) is 0 Å². The van der Waals surface area contributed by atoms with Crippen molar-refractivity contribution in [1.82, 2.24) is 15.2 Å². The molecule has 7 nitrogen and oxygen atoms in total. The molecule has 0 saturated carbocycles. The summed E-state index contributed by atoms with van der Waals surface area (Å²) in [6.45, 7) is 8.19. The number of nitrogens with one attached hydrogen (secondary N) is 2. The van der Waals surface area contributed by atoms with Gasteiger partial charge in [-0.2, -0.15) is 5.11 Å². The lowest BCUT2D eigenvalue weighted by Crippen LogP contribution is -2.35. The third-order valence-corrected chi connectivity index (χ3v) is 4.89. The molecule has 4 N–H and O–H groups in total. The van der Waals surface area contributed by atoms with Gasteiger partial charge in [0, 0.05) is 54.2 Å². The molecule has 0 unspecified atom stereocenters. The van der Waals surface area contributed by atoms with E-state index in [4.69, 9.17) is 27.6 Å². The molecule has 1 saturated heterocycles. The molecule has 0 spiro atoms. The maximum absolute atomic E-state index is 7.52. The van der Waals surface area contributed by atoms with Gasteiger partial charge in [-0.3, -0.25) is 4.90 Å². The first-order chi connectivity index (χ1) is 14.0. The maximum Gasteiger partial charge on any atom is 0.132 e. The van der Waals surface area contributed by atoms with Crippen LogP contribution < -0.4 is 11.1 Å². The van der Waals surface area contributed by atoms with Gasteiger partial charge in [0.1, 0.15) is 11.5 Å². The molecule has 154 valence electrons. The molecule has 8 heteroatoms. The molecular weight excluding hydrogens is 388 g/mol. The van der Waals surface area contributed by atoms with Gasteiger partial charge in [0.05, 0.1) is 13.2 Å². The van der Waals surface area contributed by atoms with Crippen LogP contribution in [0.15, 0.2) is 41.8 Å². The standard InChI is InChI=1S/C21H27ClN6O/c1-14(2)25-12-20(27-24)19-10-17(11-26-21(19)23)16-7-15(8-18(22)9-16)13-28-3-5-29-6-4-28/h7-12,14,24-25H,3-6,13H2,1-2H3,(H2,23,26)/b20-12-,27-24?. The van der Waals surface area contributed by atoms with Crippen molar-refractivity contribution in [2.24, 2.45) is 5.11 Å². The molecule has 1 aliphatic heterocycles. The van der Waals surface area contributed by atoms with Gasteiger partial charge in [0.2, 0.25) is 0 Å². The second-order valence-corrected chi connectivity index (χ2v) is 7.79. The monoisotopic (exact) mass is 414 g/mol. The zero-order chi connectivity index (χ0) is 20.8. The summed E-state index contributed by atoms with van der Waals surface area (Å²) >= 11 is 6.40. The fraction of sp³-hybridized carbons (Fsp3) is 0.381. The quantitative estimate of drug-likeness (QED) is 0.591. The van der Waals surface area contributed by atoms with Gasteiger partial charge in [0.25, 0.3) is 0 Å². The van der Waals surface area contributed by atoms with Gasteiger partial charge in [-0.25, -0.2) is 10.5 Å². The molecule has 0 bridgehead atoms. The summed E-state index contributed by atoms with van der Waals surface area (Å²) in [5.74, 6) is 0.331. The van der Waals surface area contributed by atoms with Crippen molar-refractivity contribution < 1.29 is 4.74 Å². The number of hydrogen-bond acceptors (Lipinski definition) is 7. The summed E-state index contributed by atoms with van der Waals surface area (Å²) in [5.41, 5.74) is 17.6. The Hall–Kier alpha value is -2.48. The van der Waals surface area contributed by atoms with Crippen molar-refractivity contribution in [1.29, 1.82) is 5.53 Å². The number of ether oxygens (including phenoxy) is 1. The lowest BCUT2D eigenvalue weighted by atomic mass is 10.0. The van der Waals surface area contributed by atoms with Gasteiger partial charge in [0.15, 0.2) is 0 Å². The zero-order valence-electron chi connectivity index (χ0n) is 16.8. The van der Waals surface area contributed by atoms with Gasteiger partial charge < -0.3 is 15.8 Å². The Balaban J connectivity index is 1.92. The van der Waals surface area contributed by atoms with E-state index in [0.29, 0.717) is 22.1 Å². The molecule has 1 aromatic carbocycles. The van der Waals surface area contributed by atoms with E-state index in [0.717, 1.165) is 49.5 Å². The lowest BCUT2D eigenvalue weighted by molar-refractivity contribution is 0.0342. The lowest BCUT2D eigenvalue weighted by Gasteiger charge is -2.26. The van der Waals surface area contributed by atoms with E-state index in [1.165, 1.54) is 0 Å². The Kier molecular flexibility index (Phi) is 7.19. The molecule has 1 fully saturated rings. The second-order valence-electron chi connectivity index (χ2n) is 7.36. The number of pyridine rings is 1. The third kappa shape index (κ3) is 5.76. The highest BCUT2D eigenvalue weighted by Gasteiger charge is 2.14. The summed E-state index contributed by atoms with van der Waals surface area (Å²) in [6, 6.07) is 8.14. The number of nitrogen functional groups attached to an aromatic ring is 1. The minimum Gasteiger partial charge on any atom is -0.387 e. The smallest absolute Gasteiger partial charge is 0.132 e. The highest BCUT2D eigenvalue weighted by atomic mass is 35.5. The maximum atomic E-state index is 7.52. The van der Waals surface area contributed by atoms with Crippen LogP contribution in [0.25, 0.3) is 16.8 Å². The highest BCUT2D eigenvalue weighted by molar-refractivity contribution is 6.31. The Labute approximate surface area is 176 Å². The number of nitrogens with zero attached hydrogens (tertiary/aromatic N) is 3. The number of benzene rings is 1. The van der Waals surface area contributed by atoms with E-state index in [-0.39, 0.29) is 6.04 Å². The fourth-order valence-electron chi connectivity index (χ4n) is 3.18. The second kappa shape index (κ2) is 9.82. The molecule has 1 aliphatic rings. The molecule has 0 amide bonds. The molecule has 0 aliphatic carbocycles. The summed E-state index contributed by atoms with van der Waals surface area (Å²) in [5, 5.41) is 7.44. The topological polar surface area (TPSA) is 99.6 Å². The van der Waals surface area contributed by atoms with E-state index < -0.39 is 0 Å². The van der Waals surface area contributed by atoms with Crippen LogP contribution in [0.4, 0.5) is 5.82 Å². The van der Waals surface area contributed by atoms with Gasteiger partial charge in [-0.05, 0) is 49.2 Å². The van der Waals surface area contributed by atoms with E-state index in [9.17, 15) is 0 Å². The van der Waals surface area contributed by atoms with Crippen LogP contribution in [-0.4, -0.2) is 42.2 Å². The summed E-state index contributed by atoms with van der Waals surface area (Å²) < 4.78 is 5.42. The Morgan fingerprint density at radius 3 is 2.76 bits per heavy atom. The van der Waals surface area contributed by atoms with Crippen molar-refractivity contribution >= 4 is 23.1 Å². The number of morpholine rings is 1. The first-order valence-electron chi connectivity index (χ1n) is 9.66. The van der Waals surface area contributed by atoms with Crippen LogP contribution in [0.2, 0.25) is 5.02 Å². The van der Waals surface area contributed by atoms with Crippen LogP contribution in [0.3, 0.4) is 0 Å². The first kappa shape index (κ1) is 21.2. The number of halogens is 1. The molecule has 2 aromatic rings. The molecule has 1 aromatic heterocycles. The summed E-state index contributed by atoms with van der Waals surface area (Å²) in [4.78, 5) is 6.67. The average Bonchev–Trinajstić information content (AvgIpc) is 2.69. The number of anilines is 1. The Bertz CT molecular complexity index is 893. The molecule has 29 heavy (non-hydrogen) atoms. The molecule has 3 rings (SSSR count). The van der Waals surface area contributed by atoms with Crippen LogP contribution in [-0.2, 0) is 11.3 Å². The van der Waals surface area contributed by atoms with Gasteiger partial charge >= 0.3 is 0 Å². The minimum atomic E-state index is 0.222. The molecule has 0 radical (unpaired) electrons. The largest absolute Gasteiger partial charge is 0.387 e. The van der Waals surface area contributed by atoms with Crippen molar-refractivity contribution in [2.45, 2.75) is 26.4 Å². The molecule has 0 atom stereocenters. The van der Waals surface area contributed by atoms with E-state index in [1.807, 2.05) is 32.0 Å². The Morgan fingerprint density at radius 1 is 1.31 bits per heavy atom. The zero-order valence-corrected chi connectivity index (χ0v) is 17.5. The van der Waals surface area contributed by atoms with Crippen LogP contribution in [0, 0.1) is 5.53 Å². The number of rotatable bonds is 7. The highest BCUT2D eigenvalue weighted by Crippen LogP contribution is 2.30. The van der Waals surface area contributed by atoms with E-state index in [2.05, 4.69) is 26.4 Å². The number of aromatic nitrogens is 1. The minimum absolute atomic E-state index is 0.222. The first-order valence-corrected chi connectivity index (χ1v) is 10.0. The van der Waals surface area contributed by atoms with Crippen molar-refractivity contribution in [3.8, 4) is 11.1 Å².